The van der Waals surface area contributed by atoms with Crippen molar-refractivity contribution in [3.05, 3.63) is 34.1 Å². The van der Waals surface area contributed by atoms with Crippen molar-refractivity contribution in [3.8, 4) is 6.07 Å². The highest BCUT2D eigenvalue weighted by Gasteiger charge is 2.15. The highest BCUT2D eigenvalue weighted by Crippen LogP contribution is 2.22. The number of oxime groups is 1. The Bertz CT molecular complexity index is 440. The molecular formula is C8H3Cl2FN2O. The molecule has 0 bridgehead atoms. The number of nitrogens with zero attached hydrogens (tertiary/aromatic N) is 2. The number of halogens is 3. The summed E-state index contributed by atoms with van der Waals surface area (Å²) in [6.45, 7) is 0. The number of hydrogen-bond donors (Lipinski definition) is 1. The predicted molar refractivity (Wildman–Crippen MR) is 50.3 cm³/mol. The van der Waals surface area contributed by atoms with E-state index in [1.807, 2.05) is 0 Å². The maximum atomic E-state index is 13.4. The van der Waals surface area contributed by atoms with Crippen LogP contribution in [0.3, 0.4) is 0 Å². The number of hydrogen-bond acceptors (Lipinski definition) is 3. The van der Waals surface area contributed by atoms with Crippen LogP contribution in [-0.4, -0.2) is 10.4 Å². The van der Waals surface area contributed by atoms with E-state index in [0.717, 1.165) is 0 Å². The predicted octanol–water partition coefficient (Wildman–Crippen LogP) is 2.73. The molecule has 1 N–H and O–H groups in total. The van der Waals surface area contributed by atoms with Crippen LogP contribution in [-0.2, 0) is 0 Å². The molecule has 0 radical (unpaired) electrons. The fourth-order valence-corrected chi connectivity index (χ4v) is 1.20. The van der Waals surface area contributed by atoms with Crippen molar-refractivity contribution in [2.75, 3.05) is 0 Å². The Kier molecular flexibility index (Phi) is 3.28. The van der Waals surface area contributed by atoms with Gasteiger partial charge in [-0.25, -0.2) is 4.39 Å². The number of nitriles is 1. The van der Waals surface area contributed by atoms with E-state index in [0.29, 0.717) is 0 Å². The lowest BCUT2D eigenvalue weighted by molar-refractivity contribution is 0.320. The second-order valence-corrected chi connectivity index (χ2v) is 3.05. The van der Waals surface area contributed by atoms with Crippen molar-refractivity contribution in [2.24, 2.45) is 5.16 Å². The van der Waals surface area contributed by atoms with Crippen molar-refractivity contribution in [1.29, 1.82) is 5.26 Å². The zero-order valence-electron chi connectivity index (χ0n) is 6.63. The van der Waals surface area contributed by atoms with E-state index in [4.69, 9.17) is 33.7 Å². The van der Waals surface area contributed by atoms with Gasteiger partial charge in [-0.15, -0.1) is 0 Å². The first kappa shape index (κ1) is 10.8. The molecule has 0 aliphatic heterocycles. The van der Waals surface area contributed by atoms with Crippen LogP contribution < -0.4 is 0 Å². The first-order chi connectivity index (χ1) is 6.61. The van der Waals surface area contributed by atoms with Gasteiger partial charge in [0, 0.05) is 0 Å². The maximum absolute atomic E-state index is 13.4. The fraction of sp³-hybridized carbons (Fsp3) is 0. The number of rotatable bonds is 1. The summed E-state index contributed by atoms with van der Waals surface area (Å²) in [4.78, 5) is 0. The van der Waals surface area contributed by atoms with Gasteiger partial charge in [0.15, 0.2) is 11.0 Å². The molecule has 0 aliphatic carbocycles. The zero-order valence-corrected chi connectivity index (χ0v) is 8.14. The highest BCUT2D eigenvalue weighted by molar-refractivity contribution is 6.69. The average Bonchev–Trinajstić information content (AvgIpc) is 2.18. The second-order valence-electron chi connectivity index (χ2n) is 2.29. The van der Waals surface area contributed by atoms with E-state index in [-0.39, 0.29) is 16.1 Å². The van der Waals surface area contributed by atoms with Gasteiger partial charge in [0.2, 0.25) is 0 Å². The van der Waals surface area contributed by atoms with E-state index in [1.165, 1.54) is 12.1 Å². The minimum absolute atomic E-state index is 0.0174. The lowest BCUT2D eigenvalue weighted by Gasteiger charge is -2.02. The Morgan fingerprint density at radius 2 is 2.21 bits per heavy atom. The topological polar surface area (TPSA) is 56.4 Å². The Labute approximate surface area is 89.0 Å². The molecule has 1 aromatic rings. The molecule has 0 aromatic heterocycles. The van der Waals surface area contributed by atoms with Crippen LogP contribution in [0.25, 0.3) is 0 Å². The number of benzene rings is 1. The van der Waals surface area contributed by atoms with Gasteiger partial charge in [-0.2, -0.15) is 5.26 Å². The zero-order chi connectivity index (χ0) is 10.7. The van der Waals surface area contributed by atoms with Crippen molar-refractivity contribution in [1.82, 2.24) is 0 Å². The van der Waals surface area contributed by atoms with Gasteiger partial charge in [-0.1, -0.05) is 28.4 Å². The molecule has 0 unspecified atom stereocenters. The monoisotopic (exact) mass is 232 g/mol. The van der Waals surface area contributed by atoms with E-state index in [1.54, 1.807) is 6.07 Å². The van der Waals surface area contributed by atoms with E-state index in [2.05, 4.69) is 5.16 Å². The molecule has 0 aliphatic rings. The molecule has 0 saturated heterocycles. The largest absolute Gasteiger partial charge is 0.410 e. The normalized spacial score (nSPS) is 11.1. The SMILES string of the molecule is N#Cc1c(Cl)ccc(/C(Cl)=N/O)c1F. The third-order valence-electron chi connectivity index (χ3n) is 1.51. The molecule has 0 saturated carbocycles. The summed E-state index contributed by atoms with van der Waals surface area (Å²) in [5.41, 5.74) is -0.499. The van der Waals surface area contributed by atoms with Crippen LogP contribution in [0.5, 0.6) is 0 Å². The Morgan fingerprint density at radius 3 is 2.71 bits per heavy atom. The van der Waals surface area contributed by atoms with Crippen molar-refractivity contribution in [3.63, 3.8) is 0 Å². The molecule has 0 heterocycles. The van der Waals surface area contributed by atoms with Gasteiger partial charge in [-0.05, 0) is 12.1 Å². The molecule has 14 heavy (non-hydrogen) atoms. The third kappa shape index (κ3) is 1.79. The summed E-state index contributed by atoms with van der Waals surface area (Å²) in [7, 11) is 0. The summed E-state index contributed by atoms with van der Waals surface area (Å²) >= 11 is 10.9. The summed E-state index contributed by atoms with van der Waals surface area (Å²) < 4.78 is 13.4. The van der Waals surface area contributed by atoms with Gasteiger partial charge < -0.3 is 5.21 Å². The van der Waals surface area contributed by atoms with Crippen LogP contribution in [0.15, 0.2) is 17.3 Å². The van der Waals surface area contributed by atoms with E-state index in [9.17, 15) is 4.39 Å². The molecule has 1 rings (SSSR count). The third-order valence-corrected chi connectivity index (χ3v) is 2.11. The van der Waals surface area contributed by atoms with Gasteiger partial charge in [0.1, 0.15) is 11.6 Å². The molecule has 0 atom stereocenters. The summed E-state index contributed by atoms with van der Waals surface area (Å²) in [5, 5.41) is 19.0. The van der Waals surface area contributed by atoms with Crippen molar-refractivity contribution < 1.29 is 9.60 Å². The van der Waals surface area contributed by atoms with Crippen LogP contribution in [0.4, 0.5) is 4.39 Å². The summed E-state index contributed by atoms with van der Waals surface area (Å²) in [6, 6.07) is 4.10. The van der Waals surface area contributed by atoms with Gasteiger partial charge in [0.05, 0.1) is 10.6 Å². The fourth-order valence-electron chi connectivity index (χ4n) is 0.868. The maximum Gasteiger partial charge on any atom is 0.178 e. The minimum atomic E-state index is -0.900. The van der Waals surface area contributed by atoms with Crippen LogP contribution in [0, 0.1) is 17.1 Å². The molecule has 1 aromatic carbocycles. The first-order valence-electron chi connectivity index (χ1n) is 3.37. The van der Waals surface area contributed by atoms with Gasteiger partial charge >= 0.3 is 0 Å². The standard InChI is InChI=1S/C8H3Cl2FN2O/c9-6-2-1-4(8(10)13-14)7(11)5(6)3-12/h1-2,14H/b13-8-. The van der Waals surface area contributed by atoms with Crippen LogP contribution in [0.1, 0.15) is 11.1 Å². The molecule has 3 nitrogen and oxygen atoms in total. The molecule has 0 fully saturated rings. The molecule has 72 valence electrons. The summed E-state index contributed by atoms with van der Waals surface area (Å²) in [5.74, 6) is -0.900. The molecule has 6 heteroatoms. The van der Waals surface area contributed by atoms with Gasteiger partial charge in [-0.3, -0.25) is 0 Å². The highest BCUT2D eigenvalue weighted by atomic mass is 35.5. The first-order valence-corrected chi connectivity index (χ1v) is 4.13. The van der Waals surface area contributed by atoms with E-state index >= 15 is 0 Å². The Balaban J connectivity index is 3.45. The Morgan fingerprint density at radius 1 is 1.57 bits per heavy atom. The smallest absolute Gasteiger partial charge is 0.178 e. The Hall–Kier alpha value is -1.31. The lowest BCUT2D eigenvalue weighted by atomic mass is 10.1. The quantitative estimate of drug-likeness (QED) is 0.460. The minimum Gasteiger partial charge on any atom is -0.410 e. The second kappa shape index (κ2) is 4.27. The van der Waals surface area contributed by atoms with Crippen molar-refractivity contribution in [2.45, 2.75) is 0 Å². The van der Waals surface area contributed by atoms with Crippen LogP contribution >= 0.6 is 23.2 Å². The van der Waals surface area contributed by atoms with Crippen LogP contribution in [0.2, 0.25) is 5.02 Å². The van der Waals surface area contributed by atoms with Gasteiger partial charge in [0.25, 0.3) is 0 Å². The van der Waals surface area contributed by atoms with E-state index < -0.39 is 11.0 Å². The molecule has 0 amide bonds. The molecular weight excluding hydrogens is 230 g/mol. The van der Waals surface area contributed by atoms with Crippen molar-refractivity contribution >= 4 is 28.4 Å². The summed E-state index contributed by atoms with van der Waals surface area (Å²) in [6.07, 6.45) is 0. The average molecular weight is 233 g/mol. The molecule has 0 spiro atoms. The lowest BCUT2D eigenvalue weighted by Crippen LogP contribution is -1.99.